The van der Waals surface area contributed by atoms with E-state index in [9.17, 15) is 0 Å². The zero-order valence-corrected chi connectivity index (χ0v) is 16.3. The van der Waals surface area contributed by atoms with E-state index in [0.717, 1.165) is 24.4 Å². The molecule has 25 heavy (non-hydrogen) atoms. The fourth-order valence-corrected chi connectivity index (χ4v) is 4.32. The monoisotopic (exact) mass is 338 g/mol. The number of hydrogen-bond acceptors (Lipinski definition) is 2. The van der Waals surface area contributed by atoms with E-state index in [4.69, 9.17) is 9.47 Å². The average Bonchev–Trinajstić information content (AvgIpc) is 2.96. The summed E-state index contributed by atoms with van der Waals surface area (Å²) in [6, 6.07) is 8.54. The van der Waals surface area contributed by atoms with E-state index in [1.54, 1.807) is 7.11 Å². The van der Waals surface area contributed by atoms with Crippen LogP contribution in [0.15, 0.2) is 47.4 Å². The van der Waals surface area contributed by atoms with Gasteiger partial charge in [-0.3, -0.25) is 0 Å². The van der Waals surface area contributed by atoms with Gasteiger partial charge in [-0.25, -0.2) is 0 Å². The molecule has 0 saturated heterocycles. The predicted octanol–water partition coefficient (Wildman–Crippen LogP) is 4.15. The zero-order chi connectivity index (χ0) is 18.2. The molecule has 0 spiro atoms. The third-order valence-corrected chi connectivity index (χ3v) is 5.73. The molecule has 0 amide bonds. The van der Waals surface area contributed by atoms with Gasteiger partial charge >= 0.3 is 0 Å². The van der Waals surface area contributed by atoms with Crippen molar-refractivity contribution in [1.29, 1.82) is 0 Å². The number of ether oxygens (including phenoxy) is 2. The molecule has 0 bridgehead atoms. The Bertz CT molecular complexity index is 839. The van der Waals surface area contributed by atoms with Gasteiger partial charge in [0.05, 0.1) is 19.6 Å². The minimum Gasteiger partial charge on any atom is -0.500 e. The van der Waals surface area contributed by atoms with Gasteiger partial charge in [0.2, 0.25) is 0 Å². The quantitative estimate of drug-likeness (QED) is 0.775. The molecule has 2 aliphatic carbocycles. The highest BCUT2D eigenvalue weighted by Crippen LogP contribution is 2.53. The maximum absolute atomic E-state index is 6.08. The van der Waals surface area contributed by atoms with Crippen molar-refractivity contribution in [2.45, 2.75) is 40.5 Å². The van der Waals surface area contributed by atoms with Crippen molar-refractivity contribution >= 4 is 11.6 Å². The fraction of sp³-hybridized carbons (Fsp3) is 0.478. The molecule has 1 unspecified atom stereocenters. The topological polar surface area (TPSA) is 18.5 Å². The van der Waals surface area contributed by atoms with Crippen LogP contribution in [-0.4, -0.2) is 14.2 Å². The SMILES string of the molecule is COC1=CC2=c3ccccc3=CC2=C(OC)C1(CCC(C)C)C(C)C. The Morgan fingerprint density at radius 2 is 1.64 bits per heavy atom. The lowest BCUT2D eigenvalue weighted by Crippen LogP contribution is -2.37. The summed E-state index contributed by atoms with van der Waals surface area (Å²) in [5.41, 5.74) is 2.25. The summed E-state index contributed by atoms with van der Waals surface area (Å²) in [6.07, 6.45) is 6.70. The summed E-state index contributed by atoms with van der Waals surface area (Å²) in [5.74, 6) is 3.13. The standard InChI is InChI=1S/C23H30O2/c1-15(2)11-12-23(16(3)4)21(24-5)14-19-18-10-8-7-9-17(18)13-20(19)22(23)25-6/h7-10,13-16H,11-12H2,1-6H3. The van der Waals surface area contributed by atoms with Gasteiger partial charge in [0.1, 0.15) is 11.5 Å². The normalized spacial score (nSPS) is 21.9. The highest BCUT2D eigenvalue weighted by molar-refractivity contribution is 5.90. The average molecular weight is 338 g/mol. The van der Waals surface area contributed by atoms with Crippen LogP contribution in [0.3, 0.4) is 0 Å². The van der Waals surface area contributed by atoms with Crippen LogP contribution in [0.2, 0.25) is 0 Å². The molecule has 2 heteroatoms. The van der Waals surface area contributed by atoms with Gasteiger partial charge in [-0.1, -0.05) is 52.0 Å². The van der Waals surface area contributed by atoms with E-state index in [1.807, 2.05) is 7.11 Å². The molecule has 0 fully saturated rings. The molecule has 0 aromatic heterocycles. The summed E-state index contributed by atoms with van der Waals surface area (Å²) in [6.45, 7) is 9.11. The summed E-state index contributed by atoms with van der Waals surface area (Å²) in [5, 5.41) is 2.53. The largest absolute Gasteiger partial charge is 0.500 e. The Morgan fingerprint density at radius 3 is 2.24 bits per heavy atom. The number of methoxy groups -OCH3 is 2. The first-order chi connectivity index (χ1) is 12.0. The van der Waals surface area contributed by atoms with Crippen LogP contribution in [0, 0.1) is 17.3 Å². The molecule has 134 valence electrons. The smallest absolute Gasteiger partial charge is 0.117 e. The van der Waals surface area contributed by atoms with E-state index in [-0.39, 0.29) is 5.41 Å². The molecular formula is C23H30O2. The van der Waals surface area contributed by atoms with Crippen LogP contribution in [0.5, 0.6) is 0 Å². The van der Waals surface area contributed by atoms with Crippen molar-refractivity contribution in [1.82, 2.24) is 0 Å². The van der Waals surface area contributed by atoms with Gasteiger partial charge in [-0.15, -0.1) is 0 Å². The lowest BCUT2D eigenvalue weighted by molar-refractivity contribution is 0.0733. The third-order valence-electron chi connectivity index (χ3n) is 5.73. The Morgan fingerprint density at radius 1 is 0.920 bits per heavy atom. The number of fused-ring (bicyclic) bond motifs is 2. The molecule has 0 heterocycles. The number of hydrogen-bond donors (Lipinski definition) is 0. The van der Waals surface area contributed by atoms with Gasteiger partial charge < -0.3 is 9.47 Å². The van der Waals surface area contributed by atoms with Crippen molar-refractivity contribution in [3.63, 3.8) is 0 Å². The zero-order valence-electron chi connectivity index (χ0n) is 16.3. The predicted molar refractivity (Wildman–Crippen MR) is 104 cm³/mol. The first-order valence-electron chi connectivity index (χ1n) is 9.32. The van der Waals surface area contributed by atoms with Crippen LogP contribution in [-0.2, 0) is 9.47 Å². The highest BCUT2D eigenvalue weighted by atomic mass is 16.5. The summed E-state index contributed by atoms with van der Waals surface area (Å²) >= 11 is 0. The lowest BCUT2D eigenvalue weighted by Gasteiger charge is -2.43. The van der Waals surface area contributed by atoms with E-state index >= 15 is 0 Å². The second kappa shape index (κ2) is 6.74. The van der Waals surface area contributed by atoms with E-state index in [1.165, 1.54) is 21.6 Å². The van der Waals surface area contributed by atoms with Gasteiger partial charge in [0.15, 0.2) is 0 Å². The molecule has 2 nitrogen and oxygen atoms in total. The molecule has 1 aromatic rings. The fourth-order valence-electron chi connectivity index (χ4n) is 4.32. The van der Waals surface area contributed by atoms with Crippen LogP contribution in [0.1, 0.15) is 40.5 Å². The summed E-state index contributed by atoms with van der Waals surface area (Å²) in [4.78, 5) is 0. The Labute approximate surface area is 151 Å². The maximum atomic E-state index is 6.08. The van der Waals surface area contributed by atoms with Crippen LogP contribution in [0.4, 0.5) is 0 Å². The molecular weight excluding hydrogens is 308 g/mol. The maximum Gasteiger partial charge on any atom is 0.117 e. The van der Waals surface area contributed by atoms with Crippen molar-refractivity contribution in [2.24, 2.45) is 17.3 Å². The molecule has 3 rings (SSSR count). The van der Waals surface area contributed by atoms with Crippen molar-refractivity contribution in [2.75, 3.05) is 14.2 Å². The lowest BCUT2D eigenvalue weighted by atomic mass is 9.65. The molecule has 0 saturated carbocycles. The Kier molecular flexibility index (Phi) is 4.81. The molecule has 0 N–H and O–H groups in total. The molecule has 2 aliphatic rings. The number of benzene rings is 1. The van der Waals surface area contributed by atoms with E-state index in [2.05, 4.69) is 64.1 Å². The van der Waals surface area contributed by atoms with Crippen molar-refractivity contribution < 1.29 is 9.47 Å². The van der Waals surface area contributed by atoms with E-state index in [0.29, 0.717) is 11.8 Å². The van der Waals surface area contributed by atoms with Gasteiger partial charge in [0.25, 0.3) is 0 Å². The first-order valence-corrected chi connectivity index (χ1v) is 9.32. The second-order valence-electron chi connectivity index (χ2n) is 7.86. The van der Waals surface area contributed by atoms with E-state index < -0.39 is 0 Å². The minimum absolute atomic E-state index is 0.203. The third kappa shape index (κ3) is 2.72. The minimum atomic E-state index is -0.203. The van der Waals surface area contributed by atoms with Crippen molar-refractivity contribution in [3.05, 3.63) is 57.9 Å². The van der Waals surface area contributed by atoms with Crippen LogP contribution >= 0.6 is 0 Å². The molecule has 0 aliphatic heterocycles. The highest BCUT2D eigenvalue weighted by Gasteiger charge is 2.48. The second-order valence-corrected chi connectivity index (χ2v) is 7.86. The van der Waals surface area contributed by atoms with Gasteiger partial charge in [0, 0.05) is 5.57 Å². The van der Waals surface area contributed by atoms with Crippen molar-refractivity contribution in [3.8, 4) is 0 Å². The molecule has 1 aromatic carbocycles. The van der Waals surface area contributed by atoms with Crippen LogP contribution < -0.4 is 10.4 Å². The molecule has 1 atom stereocenters. The Hall–Kier alpha value is -1.96. The van der Waals surface area contributed by atoms with Gasteiger partial charge in [-0.05, 0) is 52.8 Å². The summed E-state index contributed by atoms with van der Waals surface area (Å²) in [7, 11) is 3.60. The number of rotatable bonds is 6. The molecule has 0 radical (unpaired) electrons. The van der Waals surface area contributed by atoms with Gasteiger partial charge in [-0.2, -0.15) is 0 Å². The van der Waals surface area contributed by atoms with Crippen LogP contribution in [0.25, 0.3) is 11.6 Å². The Balaban J connectivity index is 2.29. The number of allylic oxidation sites excluding steroid dienone is 2. The summed E-state index contributed by atoms with van der Waals surface area (Å²) < 4.78 is 12.1. The first kappa shape index (κ1) is 17.8.